The number of aromatic nitrogens is 2. The van der Waals surface area contributed by atoms with Crippen molar-refractivity contribution in [2.75, 3.05) is 13.1 Å². The second kappa shape index (κ2) is 6.82. The number of hydrogen-bond donors (Lipinski definition) is 1. The lowest BCUT2D eigenvalue weighted by atomic mass is 9.99. The van der Waals surface area contributed by atoms with Crippen molar-refractivity contribution in [2.24, 2.45) is 0 Å². The Kier molecular flexibility index (Phi) is 4.25. The Bertz CT molecular complexity index is 1340. The second-order valence-electron chi connectivity index (χ2n) is 7.30. The smallest absolute Gasteiger partial charge is 0.336 e. The number of imidazole rings is 1. The number of H-pyrrole nitrogens is 1. The second-order valence-corrected chi connectivity index (χ2v) is 9.23. The molecule has 2 aromatic heterocycles. The molecule has 0 unspecified atom stereocenters. The average molecular weight is 409 g/mol. The Labute approximate surface area is 167 Å². The molecule has 0 saturated carbocycles. The first-order valence-corrected chi connectivity index (χ1v) is 10.9. The normalized spacial score (nSPS) is 18.4. The van der Waals surface area contributed by atoms with Crippen LogP contribution in [0.3, 0.4) is 0 Å². The Morgan fingerprint density at radius 2 is 1.97 bits per heavy atom. The third-order valence-electron chi connectivity index (χ3n) is 5.41. The zero-order valence-corrected chi connectivity index (χ0v) is 16.4. The van der Waals surface area contributed by atoms with E-state index in [1.165, 1.54) is 22.5 Å². The lowest BCUT2D eigenvalue weighted by Gasteiger charge is -2.31. The zero-order chi connectivity index (χ0) is 20.0. The van der Waals surface area contributed by atoms with E-state index >= 15 is 0 Å². The Morgan fingerprint density at radius 3 is 2.83 bits per heavy atom. The van der Waals surface area contributed by atoms with E-state index in [-0.39, 0.29) is 10.8 Å². The van der Waals surface area contributed by atoms with Gasteiger partial charge < -0.3 is 9.40 Å². The van der Waals surface area contributed by atoms with Gasteiger partial charge in [-0.25, -0.2) is 18.2 Å². The van der Waals surface area contributed by atoms with E-state index in [0.29, 0.717) is 24.1 Å². The summed E-state index contributed by atoms with van der Waals surface area (Å²) in [6.07, 6.45) is 1.65. The van der Waals surface area contributed by atoms with Gasteiger partial charge in [-0.15, -0.1) is 0 Å². The summed E-state index contributed by atoms with van der Waals surface area (Å²) in [6.45, 7) is 0.852. The Balaban J connectivity index is 1.46. The van der Waals surface area contributed by atoms with Crippen LogP contribution in [0.15, 0.2) is 68.7 Å². The highest BCUT2D eigenvalue weighted by atomic mass is 32.2. The summed E-state index contributed by atoms with van der Waals surface area (Å²) in [5.74, 6) is 0.843. The molecular formula is C21H19N3O4S. The molecule has 0 bridgehead atoms. The summed E-state index contributed by atoms with van der Waals surface area (Å²) in [4.78, 5) is 19.5. The molecule has 1 aliphatic rings. The summed E-state index contributed by atoms with van der Waals surface area (Å²) >= 11 is 0. The van der Waals surface area contributed by atoms with Crippen molar-refractivity contribution in [3.8, 4) is 0 Å². The molecule has 8 heteroatoms. The highest BCUT2D eigenvalue weighted by Crippen LogP contribution is 2.30. The Hall–Kier alpha value is -2.97. The highest BCUT2D eigenvalue weighted by Gasteiger charge is 2.32. The largest absolute Gasteiger partial charge is 0.423 e. The van der Waals surface area contributed by atoms with Crippen LogP contribution in [0.4, 0.5) is 0 Å². The molecule has 0 radical (unpaired) electrons. The molecule has 148 valence electrons. The quantitative estimate of drug-likeness (QED) is 0.524. The number of hydrogen-bond acceptors (Lipinski definition) is 5. The standard InChI is InChI=1S/C21H19N3O4S/c25-20-10-7-14-12-16(8-9-19(14)28-20)29(26,27)24-11-3-4-15(13-24)21-22-17-5-1-2-6-18(17)23-21/h1-2,5-10,12,15H,3-4,11,13H2,(H,22,23)/t15-/m1/s1. The third-order valence-corrected chi connectivity index (χ3v) is 7.27. The molecule has 5 rings (SSSR count). The fraction of sp³-hybridized carbons (Fsp3) is 0.238. The molecule has 4 aromatic rings. The van der Waals surface area contributed by atoms with E-state index in [1.54, 1.807) is 12.1 Å². The van der Waals surface area contributed by atoms with Gasteiger partial charge in [0.1, 0.15) is 11.4 Å². The van der Waals surface area contributed by atoms with Gasteiger partial charge in [-0.2, -0.15) is 4.31 Å². The zero-order valence-electron chi connectivity index (χ0n) is 15.5. The number of nitrogens with one attached hydrogen (secondary N) is 1. The van der Waals surface area contributed by atoms with Gasteiger partial charge in [0, 0.05) is 30.5 Å². The van der Waals surface area contributed by atoms with Gasteiger partial charge in [0.15, 0.2) is 0 Å². The molecule has 1 fully saturated rings. The van der Waals surface area contributed by atoms with E-state index in [4.69, 9.17) is 4.42 Å². The van der Waals surface area contributed by atoms with Crippen LogP contribution in [-0.2, 0) is 10.0 Å². The van der Waals surface area contributed by atoms with Gasteiger partial charge >= 0.3 is 5.63 Å². The number of rotatable bonds is 3. The fourth-order valence-electron chi connectivity index (χ4n) is 3.91. The molecule has 29 heavy (non-hydrogen) atoms. The van der Waals surface area contributed by atoms with Crippen molar-refractivity contribution in [1.29, 1.82) is 0 Å². The first kappa shape index (κ1) is 18.1. The van der Waals surface area contributed by atoms with Crippen LogP contribution < -0.4 is 5.63 Å². The molecule has 1 aliphatic heterocycles. The molecule has 0 amide bonds. The van der Waals surface area contributed by atoms with Gasteiger partial charge in [-0.1, -0.05) is 12.1 Å². The minimum Gasteiger partial charge on any atom is -0.423 e. The topological polar surface area (TPSA) is 96.3 Å². The molecule has 2 aromatic carbocycles. The lowest BCUT2D eigenvalue weighted by molar-refractivity contribution is 0.310. The predicted octanol–water partition coefficient (Wildman–Crippen LogP) is 3.24. The van der Waals surface area contributed by atoms with Crippen LogP contribution in [0.25, 0.3) is 22.0 Å². The first-order valence-electron chi connectivity index (χ1n) is 9.49. The molecule has 7 nitrogen and oxygen atoms in total. The molecule has 1 N–H and O–H groups in total. The summed E-state index contributed by atoms with van der Waals surface area (Å²) < 4.78 is 33.1. The minimum absolute atomic E-state index is 0.0180. The number of piperidine rings is 1. The molecule has 3 heterocycles. The van der Waals surface area contributed by atoms with Crippen LogP contribution in [0, 0.1) is 0 Å². The van der Waals surface area contributed by atoms with Crippen molar-refractivity contribution in [3.63, 3.8) is 0 Å². The minimum atomic E-state index is -3.66. The molecule has 0 spiro atoms. The molecular weight excluding hydrogens is 390 g/mol. The van der Waals surface area contributed by atoms with Crippen molar-refractivity contribution in [3.05, 3.63) is 70.8 Å². The number of benzene rings is 2. The van der Waals surface area contributed by atoms with Crippen LogP contribution in [0.5, 0.6) is 0 Å². The van der Waals surface area contributed by atoms with Crippen LogP contribution in [-0.4, -0.2) is 35.8 Å². The SMILES string of the molecule is O=c1ccc2cc(S(=O)(=O)N3CCC[C@@H](c4nc5ccccc5[nH]4)C3)ccc2o1. The monoisotopic (exact) mass is 409 g/mol. The van der Waals surface area contributed by atoms with Crippen LogP contribution in [0.2, 0.25) is 0 Å². The number of nitrogens with zero attached hydrogens (tertiary/aromatic N) is 2. The van der Waals surface area contributed by atoms with Crippen molar-refractivity contribution < 1.29 is 12.8 Å². The number of para-hydroxylation sites is 2. The van der Waals surface area contributed by atoms with Crippen molar-refractivity contribution in [2.45, 2.75) is 23.7 Å². The van der Waals surface area contributed by atoms with E-state index in [1.807, 2.05) is 24.3 Å². The maximum Gasteiger partial charge on any atom is 0.336 e. The summed E-state index contributed by atoms with van der Waals surface area (Å²) in [6, 6.07) is 15.2. The Morgan fingerprint density at radius 1 is 1.10 bits per heavy atom. The summed E-state index contributed by atoms with van der Waals surface area (Å²) in [5, 5.41) is 0.580. The van der Waals surface area contributed by atoms with Crippen molar-refractivity contribution >= 4 is 32.0 Å². The average Bonchev–Trinajstić information content (AvgIpc) is 3.18. The van der Waals surface area contributed by atoms with Gasteiger partial charge in [-0.05, 0) is 49.2 Å². The third kappa shape index (κ3) is 3.24. The van der Waals surface area contributed by atoms with Gasteiger partial charge in [0.05, 0.1) is 15.9 Å². The van der Waals surface area contributed by atoms with Gasteiger partial charge in [0.25, 0.3) is 0 Å². The predicted molar refractivity (Wildman–Crippen MR) is 109 cm³/mol. The van der Waals surface area contributed by atoms with Crippen LogP contribution >= 0.6 is 0 Å². The van der Waals surface area contributed by atoms with E-state index in [0.717, 1.165) is 29.7 Å². The van der Waals surface area contributed by atoms with E-state index < -0.39 is 15.6 Å². The number of aromatic amines is 1. The molecule has 0 aliphatic carbocycles. The summed E-state index contributed by atoms with van der Waals surface area (Å²) in [7, 11) is -3.66. The number of sulfonamides is 1. The maximum absolute atomic E-state index is 13.2. The maximum atomic E-state index is 13.2. The number of fused-ring (bicyclic) bond motifs is 2. The van der Waals surface area contributed by atoms with Crippen LogP contribution in [0.1, 0.15) is 24.6 Å². The molecule has 1 atom stereocenters. The fourth-order valence-corrected chi connectivity index (χ4v) is 5.47. The van der Waals surface area contributed by atoms with E-state index in [9.17, 15) is 13.2 Å². The summed E-state index contributed by atoms with van der Waals surface area (Å²) in [5.41, 5.74) is 1.75. The van der Waals surface area contributed by atoms with Gasteiger partial charge in [0.2, 0.25) is 10.0 Å². The highest BCUT2D eigenvalue weighted by molar-refractivity contribution is 7.89. The van der Waals surface area contributed by atoms with E-state index in [2.05, 4.69) is 9.97 Å². The lowest BCUT2D eigenvalue weighted by Crippen LogP contribution is -2.39. The van der Waals surface area contributed by atoms with Gasteiger partial charge in [-0.3, -0.25) is 0 Å². The first-order chi connectivity index (χ1) is 14.0. The van der Waals surface area contributed by atoms with Crippen molar-refractivity contribution in [1.82, 2.24) is 14.3 Å². The molecule has 1 saturated heterocycles.